The molecule has 2 aromatic carbocycles. The summed E-state index contributed by atoms with van der Waals surface area (Å²) in [4.78, 5) is 15.1. The van der Waals surface area contributed by atoms with Gasteiger partial charge in [0.25, 0.3) is 0 Å². The summed E-state index contributed by atoms with van der Waals surface area (Å²) in [6.45, 7) is 3.21. The maximum absolute atomic E-state index is 13.0. The fraction of sp³-hybridized carbons (Fsp3) is 0.286. The average Bonchev–Trinajstić information content (AvgIpc) is 3.39. The van der Waals surface area contributed by atoms with E-state index in [0.717, 1.165) is 24.1 Å². The molecule has 0 atom stereocenters. The summed E-state index contributed by atoms with van der Waals surface area (Å²) >= 11 is 0. The van der Waals surface area contributed by atoms with Crippen LogP contribution in [-0.2, 0) is 17.9 Å². The predicted octanol–water partition coefficient (Wildman–Crippen LogP) is 4.14. The van der Waals surface area contributed by atoms with Crippen molar-refractivity contribution in [2.45, 2.75) is 38.9 Å². The fourth-order valence-corrected chi connectivity index (χ4v) is 3.37. The molecular formula is C21H22N2O. The van der Waals surface area contributed by atoms with Gasteiger partial charge in [-0.25, -0.2) is 0 Å². The molecule has 3 nitrogen and oxygen atoms in total. The Labute approximate surface area is 142 Å². The third-order valence-corrected chi connectivity index (χ3v) is 4.81. The maximum atomic E-state index is 13.0. The van der Waals surface area contributed by atoms with Crippen molar-refractivity contribution in [2.75, 3.05) is 0 Å². The number of carbonyl (C=O) groups is 1. The molecule has 3 heteroatoms. The van der Waals surface area contributed by atoms with E-state index in [1.807, 2.05) is 30.3 Å². The normalized spacial score (nSPS) is 14.0. The van der Waals surface area contributed by atoms with Gasteiger partial charge in [0, 0.05) is 23.8 Å². The fourth-order valence-electron chi connectivity index (χ4n) is 3.37. The van der Waals surface area contributed by atoms with E-state index in [4.69, 9.17) is 0 Å². The zero-order valence-corrected chi connectivity index (χ0v) is 14.0. The zero-order valence-electron chi connectivity index (χ0n) is 14.0. The molecule has 1 aromatic heterocycles. The molecule has 4 rings (SSSR count). The van der Waals surface area contributed by atoms with Gasteiger partial charge in [-0.15, -0.1) is 0 Å². The smallest absolute Gasteiger partial charge is 0.243 e. The van der Waals surface area contributed by atoms with Crippen LogP contribution in [0.2, 0.25) is 0 Å². The number of benzene rings is 2. The van der Waals surface area contributed by atoms with Crippen molar-refractivity contribution in [3.05, 3.63) is 71.9 Å². The number of nitrogens with zero attached hydrogens (tertiary/aromatic N) is 2. The summed E-state index contributed by atoms with van der Waals surface area (Å²) in [5.74, 6) is 0.214. The van der Waals surface area contributed by atoms with Crippen LogP contribution in [0.25, 0.3) is 10.9 Å². The van der Waals surface area contributed by atoms with Crippen LogP contribution in [0.5, 0.6) is 0 Å². The Morgan fingerprint density at radius 1 is 1.08 bits per heavy atom. The van der Waals surface area contributed by atoms with Gasteiger partial charge in [-0.1, -0.05) is 48.5 Å². The first-order chi connectivity index (χ1) is 11.7. The number of aryl methyl sites for hydroxylation is 1. The summed E-state index contributed by atoms with van der Waals surface area (Å²) in [6, 6.07) is 21.1. The van der Waals surface area contributed by atoms with Crippen molar-refractivity contribution in [2.24, 2.45) is 0 Å². The summed E-state index contributed by atoms with van der Waals surface area (Å²) in [6.07, 6.45) is 2.26. The molecular weight excluding hydrogens is 296 g/mol. The molecule has 0 spiro atoms. The lowest BCUT2D eigenvalue weighted by molar-refractivity contribution is -0.133. The van der Waals surface area contributed by atoms with Crippen molar-refractivity contribution in [1.29, 1.82) is 0 Å². The molecule has 0 aliphatic heterocycles. The SMILES string of the molecule is Cc1cc2ccccc2n1CC(=O)N(Cc1ccccc1)C1CC1. The minimum Gasteiger partial charge on any atom is -0.335 e. The molecule has 0 radical (unpaired) electrons. The molecule has 0 unspecified atom stereocenters. The molecule has 1 saturated carbocycles. The molecule has 0 bridgehead atoms. The van der Waals surface area contributed by atoms with Gasteiger partial charge in [0.2, 0.25) is 5.91 Å². The Balaban J connectivity index is 1.58. The third-order valence-electron chi connectivity index (χ3n) is 4.81. The van der Waals surface area contributed by atoms with Gasteiger partial charge in [-0.2, -0.15) is 0 Å². The first-order valence-corrected chi connectivity index (χ1v) is 8.60. The number of hydrogen-bond donors (Lipinski definition) is 0. The molecule has 0 N–H and O–H groups in total. The summed E-state index contributed by atoms with van der Waals surface area (Å²) in [5, 5.41) is 1.20. The number of carbonyl (C=O) groups excluding carboxylic acids is 1. The van der Waals surface area contributed by atoms with E-state index in [0.29, 0.717) is 19.1 Å². The van der Waals surface area contributed by atoms with Crippen LogP contribution in [-0.4, -0.2) is 21.4 Å². The molecule has 1 aliphatic carbocycles. The molecule has 24 heavy (non-hydrogen) atoms. The van der Waals surface area contributed by atoms with Gasteiger partial charge in [-0.3, -0.25) is 4.79 Å². The average molecular weight is 318 g/mol. The lowest BCUT2D eigenvalue weighted by Crippen LogP contribution is -2.35. The topological polar surface area (TPSA) is 25.2 Å². The van der Waals surface area contributed by atoms with E-state index in [2.05, 4.69) is 46.7 Å². The monoisotopic (exact) mass is 318 g/mol. The molecule has 1 amide bonds. The number of fused-ring (bicyclic) bond motifs is 1. The largest absolute Gasteiger partial charge is 0.335 e. The molecule has 1 fully saturated rings. The van der Waals surface area contributed by atoms with Gasteiger partial charge in [-0.05, 0) is 42.8 Å². The predicted molar refractivity (Wildman–Crippen MR) is 96.7 cm³/mol. The van der Waals surface area contributed by atoms with E-state index in [-0.39, 0.29) is 5.91 Å². The van der Waals surface area contributed by atoms with Crippen LogP contribution in [0.15, 0.2) is 60.7 Å². The Bertz CT molecular complexity index is 862. The highest BCUT2D eigenvalue weighted by Gasteiger charge is 2.32. The number of amides is 1. The first-order valence-electron chi connectivity index (χ1n) is 8.60. The number of hydrogen-bond acceptors (Lipinski definition) is 1. The number of aromatic nitrogens is 1. The standard InChI is InChI=1S/C21H22N2O/c1-16-13-18-9-5-6-10-20(18)22(16)15-21(24)23(19-11-12-19)14-17-7-3-2-4-8-17/h2-10,13,19H,11-12,14-15H2,1H3. The highest BCUT2D eigenvalue weighted by atomic mass is 16.2. The highest BCUT2D eigenvalue weighted by molar-refractivity contribution is 5.84. The molecule has 1 heterocycles. The van der Waals surface area contributed by atoms with Crippen LogP contribution < -0.4 is 0 Å². The van der Waals surface area contributed by atoms with Crippen LogP contribution in [0.1, 0.15) is 24.1 Å². The van der Waals surface area contributed by atoms with E-state index in [1.54, 1.807) is 0 Å². The minimum atomic E-state index is 0.214. The molecule has 3 aromatic rings. The van der Waals surface area contributed by atoms with Crippen molar-refractivity contribution in [1.82, 2.24) is 9.47 Å². The number of rotatable bonds is 5. The van der Waals surface area contributed by atoms with Crippen LogP contribution in [0, 0.1) is 6.92 Å². The second-order valence-corrected chi connectivity index (χ2v) is 6.67. The quantitative estimate of drug-likeness (QED) is 0.694. The van der Waals surface area contributed by atoms with E-state index >= 15 is 0 Å². The van der Waals surface area contributed by atoms with Crippen LogP contribution in [0.4, 0.5) is 0 Å². The Kier molecular flexibility index (Phi) is 3.85. The van der Waals surface area contributed by atoms with Crippen molar-refractivity contribution in [3.8, 4) is 0 Å². The van der Waals surface area contributed by atoms with Crippen LogP contribution in [0.3, 0.4) is 0 Å². The molecule has 0 saturated heterocycles. The van der Waals surface area contributed by atoms with E-state index in [1.165, 1.54) is 10.9 Å². The molecule has 122 valence electrons. The zero-order chi connectivity index (χ0) is 16.5. The van der Waals surface area contributed by atoms with Gasteiger partial charge >= 0.3 is 0 Å². The van der Waals surface area contributed by atoms with Gasteiger partial charge in [0.1, 0.15) is 6.54 Å². The first kappa shape index (κ1) is 15.0. The van der Waals surface area contributed by atoms with Crippen molar-refractivity contribution in [3.63, 3.8) is 0 Å². The minimum absolute atomic E-state index is 0.214. The lowest BCUT2D eigenvalue weighted by atomic mass is 10.2. The molecule has 1 aliphatic rings. The Morgan fingerprint density at radius 3 is 2.54 bits per heavy atom. The van der Waals surface area contributed by atoms with Crippen LogP contribution >= 0.6 is 0 Å². The van der Waals surface area contributed by atoms with Crippen molar-refractivity contribution < 1.29 is 4.79 Å². The van der Waals surface area contributed by atoms with Gasteiger partial charge in [0.05, 0.1) is 0 Å². The van der Waals surface area contributed by atoms with E-state index in [9.17, 15) is 4.79 Å². The van der Waals surface area contributed by atoms with Crippen molar-refractivity contribution >= 4 is 16.8 Å². The second-order valence-electron chi connectivity index (χ2n) is 6.67. The lowest BCUT2D eigenvalue weighted by Gasteiger charge is -2.23. The highest BCUT2D eigenvalue weighted by Crippen LogP contribution is 2.29. The Hall–Kier alpha value is -2.55. The summed E-state index contributed by atoms with van der Waals surface area (Å²) in [7, 11) is 0. The summed E-state index contributed by atoms with van der Waals surface area (Å²) in [5.41, 5.74) is 3.48. The van der Waals surface area contributed by atoms with E-state index < -0.39 is 0 Å². The maximum Gasteiger partial charge on any atom is 0.243 e. The Morgan fingerprint density at radius 2 is 1.79 bits per heavy atom. The third kappa shape index (κ3) is 2.94. The number of para-hydroxylation sites is 1. The second kappa shape index (κ2) is 6.16. The summed E-state index contributed by atoms with van der Waals surface area (Å²) < 4.78 is 2.14. The van der Waals surface area contributed by atoms with Gasteiger partial charge in [0.15, 0.2) is 0 Å². The van der Waals surface area contributed by atoms with Gasteiger partial charge < -0.3 is 9.47 Å².